The van der Waals surface area contributed by atoms with Gasteiger partial charge in [0.2, 0.25) is 5.91 Å². The maximum absolute atomic E-state index is 12.4. The third-order valence-electron chi connectivity index (χ3n) is 3.62. The Hall–Kier alpha value is -1.39. The number of nitrogens with one attached hydrogen (secondary N) is 1. The van der Waals surface area contributed by atoms with Gasteiger partial charge < -0.3 is 9.74 Å². The Labute approximate surface area is 114 Å². The minimum atomic E-state index is 0.0358. The first-order valence-corrected chi connectivity index (χ1v) is 6.87. The number of benzene rings is 1. The van der Waals surface area contributed by atoms with Crippen molar-refractivity contribution in [1.29, 1.82) is 0 Å². The van der Waals surface area contributed by atoms with E-state index in [0.717, 1.165) is 12.8 Å². The molecule has 19 heavy (non-hydrogen) atoms. The fourth-order valence-corrected chi connectivity index (χ4v) is 2.71. The molecule has 0 spiro atoms. The Morgan fingerprint density at radius 2 is 2.11 bits per heavy atom. The maximum Gasteiger partial charge on any atom is 0.227 e. The average Bonchev–Trinajstić information content (AvgIpc) is 2.70. The lowest BCUT2D eigenvalue weighted by molar-refractivity contribution is -0.132. The molecule has 1 saturated heterocycles. The number of likely N-dealkylation sites (tertiary alicyclic amines) is 1. The average molecular weight is 262 g/mol. The lowest BCUT2D eigenvalue weighted by Gasteiger charge is -2.16. The zero-order valence-electron chi connectivity index (χ0n) is 11.6. The van der Waals surface area contributed by atoms with Gasteiger partial charge in [-0.25, -0.2) is 0 Å². The number of hydrogen-bond donors (Lipinski definition) is 1. The third kappa shape index (κ3) is 3.33. The first-order valence-electron chi connectivity index (χ1n) is 6.87. The monoisotopic (exact) mass is 262 g/mol. The molecule has 0 radical (unpaired) electrons. The van der Waals surface area contributed by atoms with Gasteiger partial charge in [0.1, 0.15) is 0 Å². The molecular weight excluding hydrogens is 240 g/mol. The predicted molar refractivity (Wildman–Crippen MR) is 74.2 cm³/mol. The molecule has 1 heterocycles. The van der Waals surface area contributed by atoms with Crippen LogP contribution in [0.1, 0.15) is 25.3 Å². The summed E-state index contributed by atoms with van der Waals surface area (Å²) in [6.45, 7) is 3.50. The van der Waals surface area contributed by atoms with Crippen LogP contribution in [0.4, 0.5) is 0 Å². The summed E-state index contributed by atoms with van der Waals surface area (Å²) in [7, 11) is 1.60. The van der Waals surface area contributed by atoms with E-state index >= 15 is 0 Å². The molecule has 0 bridgehead atoms. The Morgan fingerprint density at radius 3 is 2.74 bits per heavy atom. The van der Waals surface area contributed by atoms with E-state index in [-0.39, 0.29) is 17.9 Å². The van der Waals surface area contributed by atoms with Crippen molar-refractivity contribution in [1.82, 2.24) is 10.4 Å². The van der Waals surface area contributed by atoms with E-state index in [1.165, 1.54) is 5.56 Å². The molecule has 2 rings (SSSR count). The SMILES string of the molecule is CCC[C@H]1C(=O)N(Cc2ccccc2)C[C@@H]1NOC. The second-order valence-electron chi connectivity index (χ2n) is 5.03. The molecule has 2 atom stereocenters. The number of nitrogens with zero attached hydrogens (tertiary/aromatic N) is 1. The van der Waals surface area contributed by atoms with E-state index < -0.39 is 0 Å². The van der Waals surface area contributed by atoms with Crippen molar-refractivity contribution in [2.75, 3.05) is 13.7 Å². The number of carbonyl (C=O) groups excluding carboxylic acids is 1. The second-order valence-corrected chi connectivity index (χ2v) is 5.03. The molecule has 0 saturated carbocycles. The van der Waals surface area contributed by atoms with Crippen LogP contribution in [0.2, 0.25) is 0 Å². The van der Waals surface area contributed by atoms with Gasteiger partial charge in [0.25, 0.3) is 0 Å². The van der Waals surface area contributed by atoms with Crippen LogP contribution in [0, 0.1) is 5.92 Å². The molecule has 1 aliphatic rings. The third-order valence-corrected chi connectivity index (χ3v) is 3.62. The van der Waals surface area contributed by atoms with Gasteiger partial charge in [-0.3, -0.25) is 4.79 Å². The topological polar surface area (TPSA) is 41.6 Å². The highest BCUT2D eigenvalue weighted by atomic mass is 16.6. The molecule has 1 N–H and O–H groups in total. The largest absolute Gasteiger partial charge is 0.336 e. The number of hydrogen-bond acceptors (Lipinski definition) is 3. The van der Waals surface area contributed by atoms with Crippen LogP contribution in [0.3, 0.4) is 0 Å². The quantitative estimate of drug-likeness (QED) is 0.797. The minimum Gasteiger partial charge on any atom is -0.336 e. The Bertz CT molecular complexity index is 408. The van der Waals surface area contributed by atoms with Crippen molar-refractivity contribution in [2.45, 2.75) is 32.4 Å². The summed E-state index contributed by atoms with van der Waals surface area (Å²) >= 11 is 0. The summed E-state index contributed by atoms with van der Waals surface area (Å²) in [4.78, 5) is 19.4. The van der Waals surface area contributed by atoms with Gasteiger partial charge in [-0.1, -0.05) is 43.7 Å². The molecule has 1 aromatic carbocycles. The Balaban J connectivity index is 2.04. The molecule has 4 nitrogen and oxygen atoms in total. The van der Waals surface area contributed by atoms with Crippen molar-refractivity contribution in [3.63, 3.8) is 0 Å². The van der Waals surface area contributed by atoms with Crippen molar-refractivity contribution in [2.24, 2.45) is 5.92 Å². The van der Waals surface area contributed by atoms with Crippen LogP contribution in [-0.2, 0) is 16.2 Å². The van der Waals surface area contributed by atoms with Crippen molar-refractivity contribution in [3.05, 3.63) is 35.9 Å². The summed E-state index contributed by atoms with van der Waals surface area (Å²) in [5, 5.41) is 0. The highest BCUT2D eigenvalue weighted by Gasteiger charge is 2.39. The summed E-state index contributed by atoms with van der Waals surface area (Å²) in [6, 6.07) is 10.2. The molecule has 0 unspecified atom stereocenters. The number of amides is 1. The van der Waals surface area contributed by atoms with E-state index in [9.17, 15) is 4.79 Å². The van der Waals surface area contributed by atoms with Crippen LogP contribution in [-0.4, -0.2) is 30.5 Å². The fraction of sp³-hybridized carbons (Fsp3) is 0.533. The number of hydroxylamine groups is 1. The van der Waals surface area contributed by atoms with Gasteiger partial charge >= 0.3 is 0 Å². The summed E-state index contributed by atoms with van der Waals surface area (Å²) < 4.78 is 0. The predicted octanol–water partition coefficient (Wildman–Crippen LogP) is 1.96. The summed E-state index contributed by atoms with van der Waals surface area (Å²) in [5.41, 5.74) is 4.13. The number of carbonyl (C=O) groups is 1. The van der Waals surface area contributed by atoms with Crippen LogP contribution in [0.5, 0.6) is 0 Å². The highest BCUT2D eigenvalue weighted by molar-refractivity contribution is 5.82. The fourth-order valence-electron chi connectivity index (χ4n) is 2.71. The van der Waals surface area contributed by atoms with Crippen molar-refractivity contribution >= 4 is 5.91 Å². The van der Waals surface area contributed by atoms with Gasteiger partial charge in [-0.05, 0) is 12.0 Å². The zero-order valence-corrected chi connectivity index (χ0v) is 11.6. The highest BCUT2D eigenvalue weighted by Crippen LogP contribution is 2.24. The lowest BCUT2D eigenvalue weighted by atomic mass is 9.98. The maximum atomic E-state index is 12.4. The lowest BCUT2D eigenvalue weighted by Crippen LogP contribution is -2.35. The standard InChI is InChI=1S/C15H22N2O2/c1-3-7-13-14(16-19-2)11-17(15(13)18)10-12-8-5-4-6-9-12/h4-6,8-9,13-14,16H,3,7,10-11H2,1-2H3/t13-,14+/m1/s1. The molecule has 104 valence electrons. The molecule has 1 aromatic rings. The normalized spacial score (nSPS) is 23.1. The van der Waals surface area contributed by atoms with Crippen LogP contribution in [0.15, 0.2) is 30.3 Å². The van der Waals surface area contributed by atoms with Crippen molar-refractivity contribution < 1.29 is 9.63 Å². The van der Waals surface area contributed by atoms with E-state index in [0.29, 0.717) is 13.1 Å². The van der Waals surface area contributed by atoms with Gasteiger partial charge in [0, 0.05) is 13.1 Å². The summed E-state index contributed by atoms with van der Waals surface area (Å²) in [5.74, 6) is 0.272. The number of rotatable bonds is 6. The van der Waals surface area contributed by atoms with Gasteiger partial charge in [0.05, 0.1) is 19.1 Å². The molecule has 0 aromatic heterocycles. The van der Waals surface area contributed by atoms with E-state index in [2.05, 4.69) is 24.5 Å². The van der Waals surface area contributed by atoms with Gasteiger partial charge in [-0.2, -0.15) is 5.48 Å². The molecule has 1 amide bonds. The Morgan fingerprint density at radius 1 is 1.37 bits per heavy atom. The molecule has 1 aliphatic heterocycles. The molecule has 0 aliphatic carbocycles. The molecule has 1 fully saturated rings. The first-order chi connectivity index (χ1) is 9.26. The minimum absolute atomic E-state index is 0.0358. The summed E-state index contributed by atoms with van der Waals surface area (Å²) in [6.07, 6.45) is 1.92. The smallest absolute Gasteiger partial charge is 0.227 e. The van der Waals surface area contributed by atoms with Crippen molar-refractivity contribution in [3.8, 4) is 0 Å². The van der Waals surface area contributed by atoms with E-state index in [4.69, 9.17) is 4.84 Å². The second kappa shape index (κ2) is 6.68. The Kier molecular flexibility index (Phi) is 4.93. The van der Waals surface area contributed by atoms with E-state index in [1.807, 2.05) is 23.1 Å². The zero-order chi connectivity index (χ0) is 13.7. The van der Waals surface area contributed by atoms with E-state index in [1.54, 1.807) is 7.11 Å². The molecule has 4 heteroatoms. The van der Waals surface area contributed by atoms with Gasteiger partial charge in [-0.15, -0.1) is 0 Å². The van der Waals surface area contributed by atoms with Crippen LogP contribution >= 0.6 is 0 Å². The van der Waals surface area contributed by atoms with Crippen LogP contribution < -0.4 is 5.48 Å². The first kappa shape index (κ1) is 14.0. The molecular formula is C15H22N2O2. The van der Waals surface area contributed by atoms with Crippen LogP contribution in [0.25, 0.3) is 0 Å². The van der Waals surface area contributed by atoms with Gasteiger partial charge in [0.15, 0.2) is 0 Å².